The summed E-state index contributed by atoms with van der Waals surface area (Å²) in [6.45, 7) is 0.196. The van der Waals surface area contributed by atoms with Gasteiger partial charge in [0.05, 0.1) is 12.0 Å². The maximum absolute atomic E-state index is 10.8. The number of rotatable bonds is 9. The smallest absolute Gasteiger partial charge is 0.438 e. The lowest BCUT2D eigenvalue weighted by Crippen LogP contribution is -2.10. The van der Waals surface area contributed by atoms with Crippen molar-refractivity contribution in [1.29, 1.82) is 0 Å². The van der Waals surface area contributed by atoms with E-state index in [0.29, 0.717) is 0 Å². The van der Waals surface area contributed by atoms with Gasteiger partial charge >= 0.3 is 20.7 Å². The Morgan fingerprint density at radius 3 is 2.21 bits per heavy atom. The highest BCUT2D eigenvalue weighted by Crippen LogP contribution is 2.40. The van der Waals surface area contributed by atoms with Crippen molar-refractivity contribution in [1.82, 2.24) is 0 Å². The van der Waals surface area contributed by atoms with Crippen LogP contribution in [0.5, 0.6) is 5.75 Å². The molecule has 0 aliphatic rings. The number of methoxy groups -OCH3 is 1. The number of esters is 1. The quantitative estimate of drug-likeness (QED) is 0.212. The molecule has 0 N–H and O–H groups in total. The van der Waals surface area contributed by atoms with Crippen molar-refractivity contribution in [2.45, 2.75) is 6.92 Å². The predicted octanol–water partition coefficient (Wildman–Crippen LogP) is 2.49. The van der Waals surface area contributed by atoms with Gasteiger partial charge in [0.2, 0.25) is 13.6 Å². The van der Waals surface area contributed by atoms with E-state index >= 15 is 0 Å². The highest BCUT2D eigenvalue weighted by Gasteiger charge is 2.18. The number of carbonyl (C=O) groups is 2. The zero-order valence-corrected chi connectivity index (χ0v) is 13.6. The van der Waals surface area contributed by atoms with E-state index in [4.69, 9.17) is 13.6 Å². The van der Waals surface area contributed by atoms with E-state index in [9.17, 15) is 19.7 Å². The van der Waals surface area contributed by atoms with Crippen molar-refractivity contribution >= 4 is 26.4 Å². The number of carbonyl (C=O) groups excluding carboxylic acids is 2. The SMILES string of the molecule is COC(=O)OCOP(OCOC(C)=O)Oc1ccc([N+](=O)[O-])cc1. The lowest BCUT2D eigenvalue weighted by molar-refractivity contribution is -0.384. The first-order valence-corrected chi connectivity index (χ1v) is 7.34. The molecule has 0 heterocycles. The Hall–Kier alpha value is -2.49. The molecule has 1 unspecified atom stereocenters. The van der Waals surface area contributed by atoms with Crippen LogP contribution in [-0.4, -0.2) is 37.7 Å². The topological polar surface area (TPSA) is 133 Å². The van der Waals surface area contributed by atoms with Crippen molar-refractivity contribution < 1.29 is 42.3 Å². The molecule has 1 atom stereocenters. The molecule has 0 amide bonds. The average molecular weight is 363 g/mol. The number of ether oxygens (including phenoxy) is 3. The summed E-state index contributed by atoms with van der Waals surface area (Å²) in [5, 5.41) is 10.6. The van der Waals surface area contributed by atoms with Crippen molar-refractivity contribution in [2.24, 2.45) is 0 Å². The van der Waals surface area contributed by atoms with Gasteiger partial charge in [0.15, 0.2) is 0 Å². The van der Waals surface area contributed by atoms with E-state index in [2.05, 4.69) is 14.2 Å². The Labute approximate surface area is 137 Å². The number of nitro benzene ring substituents is 1. The second kappa shape index (κ2) is 10.3. The molecule has 1 aromatic carbocycles. The standard InChI is InChI=1S/C12H14NO10P/c1-9(14)19-7-21-24(22-8-20-12(15)18-2)23-11-5-3-10(4-6-11)13(16)17/h3-6H,7-8H2,1-2H3. The molecule has 0 aliphatic heterocycles. The number of nitrogens with zero attached hydrogens (tertiary/aromatic N) is 1. The van der Waals surface area contributed by atoms with Crippen molar-refractivity contribution in [2.75, 3.05) is 20.7 Å². The van der Waals surface area contributed by atoms with Crippen LogP contribution in [0.25, 0.3) is 0 Å². The second-order valence-electron chi connectivity index (χ2n) is 3.79. The van der Waals surface area contributed by atoms with Gasteiger partial charge in [-0.3, -0.25) is 24.0 Å². The van der Waals surface area contributed by atoms with E-state index < -0.39 is 39.2 Å². The lowest BCUT2D eigenvalue weighted by atomic mass is 10.3. The van der Waals surface area contributed by atoms with E-state index in [1.807, 2.05) is 0 Å². The summed E-state index contributed by atoms with van der Waals surface area (Å²) >= 11 is 0. The van der Waals surface area contributed by atoms with E-state index in [0.717, 1.165) is 7.11 Å². The molecular weight excluding hydrogens is 349 g/mol. The summed E-state index contributed by atoms with van der Waals surface area (Å²) in [4.78, 5) is 31.5. The number of hydrogen-bond donors (Lipinski definition) is 0. The summed E-state index contributed by atoms with van der Waals surface area (Å²) in [6, 6.07) is 5.10. The molecule has 1 aromatic rings. The van der Waals surface area contributed by atoms with Crippen LogP contribution in [0.2, 0.25) is 0 Å². The molecule has 0 aliphatic carbocycles. The highest BCUT2D eigenvalue weighted by atomic mass is 31.2. The molecule has 11 nitrogen and oxygen atoms in total. The van der Waals surface area contributed by atoms with Gasteiger partial charge in [-0.2, -0.15) is 0 Å². The third-order valence-electron chi connectivity index (χ3n) is 2.15. The van der Waals surface area contributed by atoms with Gasteiger partial charge < -0.3 is 18.7 Å². The minimum Gasteiger partial charge on any atom is -0.438 e. The molecule has 24 heavy (non-hydrogen) atoms. The Bertz CT molecular complexity index is 563. The average Bonchev–Trinajstić information content (AvgIpc) is 2.54. The molecule has 0 radical (unpaired) electrons. The molecule has 0 saturated carbocycles. The fourth-order valence-corrected chi connectivity index (χ4v) is 1.88. The van der Waals surface area contributed by atoms with Gasteiger partial charge in [-0.15, -0.1) is 0 Å². The number of nitro groups is 1. The fourth-order valence-electron chi connectivity index (χ4n) is 1.13. The summed E-state index contributed by atoms with van der Waals surface area (Å²) in [6.07, 6.45) is -0.972. The maximum atomic E-state index is 10.8. The minimum absolute atomic E-state index is 0.123. The summed E-state index contributed by atoms with van der Waals surface area (Å²) in [7, 11) is -0.987. The van der Waals surface area contributed by atoms with E-state index in [1.54, 1.807) is 0 Å². The molecule has 0 spiro atoms. The first-order chi connectivity index (χ1) is 11.4. The Balaban J connectivity index is 2.59. The second-order valence-corrected chi connectivity index (χ2v) is 4.94. The third-order valence-corrected chi connectivity index (χ3v) is 3.14. The zero-order valence-electron chi connectivity index (χ0n) is 12.7. The van der Waals surface area contributed by atoms with Crippen LogP contribution in [0, 0.1) is 10.1 Å². The number of hydrogen-bond acceptors (Lipinski definition) is 10. The molecule has 0 bridgehead atoms. The highest BCUT2D eigenvalue weighted by molar-refractivity contribution is 7.42. The monoisotopic (exact) mass is 363 g/mol. The Morgan fingerprint density at radius 2 is 1.71 bits per heavy atom. The maximum Gasteiger partial charge on any atom is 0.510 e. The zero-order chi connectivity index (χ0) is 17.9. The number of non-ortho nitro benzene ring substituents is 1. The predicted molar refractivity (Wildman–Crippen MR) is 77.8 cm³/mol. The van der Waals surface area contributed by atoms with E-state index in [1.165, 1.54) is 31.2 Å². The van der Waals surface area contributed by atoms with Crippen molar-refractivity contribution in [3.8, 4) is 5.75 Å². The normalized spacial score (nSPS) is 11.2. The fraction of sp³-hybridized carbons (Fsp3) is 0.333. The Morgan fingerprint density at radius 1 is 1.12 bits per heavy atom. The van der Waals surface area contributed by atoms with E-state index in [-0.39, 0.29) is 11.4 Å². The van der Waals surface area contributed by atoms with Gasteiger partial charge in [-0.25, -0.2) is 4.79 Å². The molecule has 12 heteroatoms. The van der Waals surface area contributed by atoms with Crippen LogP contribution in [0.3, 0.4) is 0 Å². The molecular formula is C12H14NO10P. The van der Waals surface area contributed by atoms with Crippen LogP contribution in [0.4, 0.5) is 10.5 Å². The summed E-state index contributed by atoms with van der Waals surface area (Å²) in [5.74, 6) is -0.376. The molecule has 1 rings (SSSR count). The van der Waals surface area contributed by atoms with Gasteiger partial charge in [0, 0.05) is 19.1 Å². The largest absolute Gasteiger partial charge is 0.510 e. The van der Waals surface area contributed by atoms with Gasteiger partial charge in [0.25, 0.3) is 5.69 Å². The molecule has 132 valence electrons. The van der Waals surface area contributed by atoms with Gasteiger partial charge in [-0.1, -0.05) is 0 Å². The van der Waals surface area contributed by atoms with Crippen molar-refractivity contribution in [3.63, 3.8) is 0 Å². The molecule has 0 fully saturated rings. The molecule has 0 aromatic heterocycles. The minimum atomic E-state index is -2.11. The summed E-state index contributed by atoms with van der Waals surface area (Å²) in [5.41, 5.74) is -0.123. The van der Waals surface area contributed by atoms with Crippen LogP contribution < -0.4 is 4.52 Å². The first-order valence-electron chi connectivity index (χ1n) is 6.25. The number of benzene rings is 1. The van der Waals surface area contributed by atoms with Crippen LogP contribution in [0.15, 0.2) is 24.3 Å². The van der Waals surface area contributed by atoms with Crippen LogP contribution >= 0.6 is 8.60 Å². The first kappa shape index (κ1) is 19.6. The lowest BCUT2D eigenvalue weighted by Gasteiger charge is -2.16. The Kier molecular flexibility index (Phi) is 8.41. The molecule has 0 saturated heterocycles. The summed E-state index contributed by atoms with van der Waals surface area (Å²) < 4.78 is 28.8. The van der Waals surface area contributed by atoms with Gasteiger partial charge in [-0.05, 0) is 12.1 Å². The van der Waals surface area contributed by atoms with Crippen molar-refractivity contribution in [3.05, 3.63) is 34.4 Å². The third kappa shape index (κ3) is 7.68. The van der Waals surface area contributed by atoms with Gasteiger partial charge in [0.1, 0.15) is 5.75 Å². The van der Waals surface area contributed by atoms with Crippen LogP contribution in [-0.2, 0) is 28.1 Å². The van der Waals surface area contributed by atoms with Crippen LogP contribution in [0.1, 0.15) is 6.92 Å².